The Morgan fingerprint density at radius 1 is 1.17 bits per heavy atom. The summed E-state index contributed by atoms with van der Waals surface area (Å²) in [5, 5.41) is 0. The Labute approximate surface area is 111 Å². The molecule has 1 saturated carbocycles. The summed E-state index contributed by atoms with van der Waals surface area (Å²) in [4.78, 5) is 2.63. The van der Waals surface area contributed by atoms with Crippen LogP contribution in [0.25, 0.3) is 0 Å². The first kappa shape index (κ1) is 13.4. The first-order valence-corrected chi connectivity index (χ1v) is 7.17. The molecule has 1 aromatic carbocycles. The van der Waals surface area contributed by atoms with Crippen LogP contribution in [0.3, 0.4) is 0 Å². The number of benzene rings is 1. The Morgan fingerprint density at radius 3 is 2.44 bits per heavy atom. The number of ether oxygens (including phenoxy) is 1. The van der Waals surface area contributed by atoms with E-state index in [1.807, 2.05) is 0 Å². The SMILES string of the molecule is CCCN(CCc1ccc(OC)cc1)CC1CC1. The molecule has 0 amide bonds. The third-order valence-electron chi connectivity index (χ3n) is 3.63. The van der Waals surface area contributed by atoms with Gasteiger partial charge in [-0.3, -0.25) is 0 Å². The maximum Gasteiger partial charge on any atom is 0.118 e. The van der Waals surface area contributed by atoms with Crippen molar-refractivity contribution in [2.24, 2.45) is 5.92 Å². The summed E-state index contributed by atoms with van der Waals surface area (Å²) >= 11 is 0. The molecule has 0 unspecified atom stereocenters. The minimum Gasteiger partial charge on any atom is -0.497 e. The molecule has 100 valence electrons. The number of rotatable bonds is 8. The minimum absolute atomic E-state index is 0.946. The highest BCUT2D eigenvalue weighted by Crippen LogP contribution is 2.29. The van der Waals surface area contributed by atoms with E-state index in [9.17, 15) is 0 Å². The molecule has 2 heteroatoms. The number of methoxy groups -OCH3 is 1. The molecule has 0 aliphatic heterocycles. The van der Waals surface area contributed by atoms with E-state index in [1.54, 1.807) is 7.11 Å². The molecule has 0 spiro atoms. The summed E-state index contributed by atoms with van der Waals surface area (Å²) in [5.74, 6) is 1.94. The van der Waals surface area contributed by atoms with Gasteiger partial charge in [0, 0.05) is 13.1 Å². The molecule has 1 fully saturated rings. The molecule has 0 saturated heterocycles. The zero-order valence-corrected chi connectivity index (χ0v) is 11.7. The predicted octanol–water partition coefficient (Wildman–Crippen LogP) is 3.36. The molecule has 1 aromatic rings. The standard InChI is InChI=1S/C16H25NO/c1-3-11-17(13-15-4-5-15)12-10-14-6-8-16(18-2)9-7-14/h6-9,15H,3-5,10-13H2,1-2H3. The lowest BCUT2D eigenvalue weighted by molar-refractivity contribution is 0.266. The van der Waals surface area contributed by atoms with Crippen LogP contribution >= 0.6 is 0 Å². The van der Waals surface area contributed by atoms with Crippen LogP contribution in [0.5, 0.6) is 5.75 Å². The lowest BCUT2D eigenvalue weighted by Gasteiger charge is -2.21. The van der Waals surface area contributed by atoms with E-state index in [0.717, 1.165) is 18.1 Å². The van der Waals surface area contributed by atoms with Crippen LogP contribution in [-0.4, -0.2) is 31.6 Å². The van der Waals surface area contributed by atoms with E-state index in [0.29, 0.717) is 0 Å². The summed E-state index contributed by atoms with van der Waals surface area (Å²) < 4.78 is 5.18. The van der Waals surface area contributed by atoms with Crippen LogP contribution in [0.15, 0.2) is 24.3 Å². The van der Waals surface area contributed by atoms with E-state index in [1.165, 1.54) is 44.5 Å². The fourth-order valence-electron chi connectivity index (χ4n) is 2.36. The van der Waals surface area contributed by atoms with Gasteiger partial charge in [0.25, 0.3) is 0 Å². The van der Waals surface area contributed by atoms with Crippen molar-refractivity contribution in [3.8, 4) is 5.75 Å². The largest absolute Gasteiger partial charge is 0.497 e. The van der Waals surface area contributed by atoms with E-state index in [-0.39, 0.29) is 0 Å². The van der Waals surface area contributed by atoms with Gasteiger partial charge < -0.3 is 9.64 Å². The minimum atomic E-state index is 0.946. The zero-order chi connectivity index (χ0) is 12.8. The van der Waals surface area contributed by atoms with Crippen molar-refractivity contribution in [2.45, 2.75) is 32.6 Å². The van der Waals surface area contributed by atoms with Crippen molar-refractivity contribution in [2.75, 3.05) is 26.7 Å². The third-order valence-corrected chi connectivity index (χ3v) is 3.63. The van der Waals surface area contributed by atoms with Gasteiger partial charge in [-0.15, -0.1) is 0 Å². The van der Waals surface area contributed by atoms with Crippen LogP contribution in [-0.2, 0) is 6.42 Å². The first-order valence-electron chi connectivity index (χ1n) is 7.17. The van der Waals surface area contributed by atoms with Crippen molar-refractivity contribution in [1.82, 2.24) is 4.90 Å². The van der Waals surface area contributed by atoms with Crippen molar-refractivity contribution < 1.29 is 4.74 Å². The highest BCUT2D eigenvalue weighted by molar-refractivity contribution is 5.27. The molecular weight excluding hydrogens is 222 g/mol. The Hall–Kier alpha value is -1.02. The quantitative estimate of drug-likeness (QED) is 0.698. The molecule has 0 bridgehead atoms. The topological polar surface area (TPSA) is 12.5 Å². The summed E-state index contributed by atoms with van der Waals surface area (Å²) in [6, 6.07) is 8.47. The average molecular weight is 247 g/mol. The molecule has 0 heterocycles. The molecule has 0 atom stereocenters. The van der Waals surface area contributed by atoms with Crippen LogP contribution in [0.2, 0.25) is 0 Å². The normalized spacial score (nSPS) is 15.1. The van der Waals surface area contributed by atoms with E-state index < -0.39 is 0 Å². The Bertz CT molecular complexity index is 343. The third kappa shape index (κ3) is 4.34. The molecule has 2 nitrogen and oxygen atoms in total. The Balaban J connectivity index is 1.79. The fourth-order valence-corrected chi connectivity index (χ4v) is 2.36. The molecule has 0 N–H and O–H groups in total. The zero-order valence-electron chi connectivity index (χ0n) is 11.7. The summed E-state index contributed by atoms with van der Waals surface area (Å²) in [5.41, 5.74) is 1.41. The first-order chi connectivity index (χ1) is 8.81. The van der Waals surface area contributed by atoms with Gasteiger partial charge in [-0.05, 0) is 55.8 Å². The van der Waals surface area contributed by atoms with E-state index in [4.69, 9.17) is 4.74 Å². The van der Waals surface area contributed by atoms with Gasteiger partial charge in [0.1, 0.15) is 5.75 Å². The van der Waals surface area contributed by atoms with Gasteiger partial charge in [0.15, 0.2) is 0 Å². The average Bonchev–Trinajstić information content (AvgIpc) is 3.21. The van der Waals surface area contributed by atoms with E-state index in [2.05, 4.69) is 36.1 Å². The second kappa shape index (κ2) is 6.79. The Kier molecular flexibility index (Phi) is 5.06. The lowest BCUT2D eigenvalue weighted by atomic mass is 10.1. The molecule has 1 aliphatic rings. The maximum atomic E-state index is 5.18. The van der Waals surface area contributed by atoms with Crippen molar-refractivity contribution >= 4 is 0 Å². The fraction of sp³-hybridized carbons (Fsp3) is 0.625. The van der Waals surface area contributed by atoms with E-state index >= 15 is 0 Å². The molecule has 1 aliphatic carbocycles. The van der Waals surface area contributed by atoms with Gasteiger partial charge >= 0.3 is 0 Å². The highest BCUT2D eigenvalue weighted by atomic mass is 16.5. The summed E-state index contributed by atoms with van der Waals surface area (Å²) in [7, 11) is 1.72. The maximum absolute atomic E-state index is 5.18. The van der Waals surface area contributed by atoms with Gasteiger partial charge in [-0.25, -0.2) is 0 Å². The summed E-state index contributed by atoms with van der Waals surface area (Å²) in [6.07, 6.45) is 5.30. The molecular formula is C16H25NO. The molecule has 18 heavy (non-hydrogen) atoms. The summed E-state index contributed by atoms with van der Waals surface area (Å²) in [6.45, 7) is 6.01. The molecule has 0 aromatic heterocycles. The number of hydrogen-bond donors (Lipinski definition) is 0. The van der Waals surface area contributed by atoms with Crippen LogP contribution < -0.4 is 4.74 Å². The van der Waals surface area contributed by atoms with Gasteiger partial charge in [-0.2, -0.15) is 0 Å². The van der Waals surface area contributed by atoms with Crippen molar-refractivity contribution in [1.29, 1.82) is 0 Å². The second-order valence-corrected chi connectivity index (χ2v) is 5.34. The predicted molar refractivity (Wildman–Crippen MR) is 76.2 cm³/mol. The highest BCUT2D eigenvalue weighted by Gasteiger charge is 2.23. The molecule has 2 rings (SSSR count). The van der Waals surface area contributed by atoms with Crippen molar-refractivity contribution in [3.63, 3.8) is 0 Å². The van der Waals surface area contributed by atoms with Crippen molar-refractivity contribution in [3.05, 3.63) is 29.8 Å². The van der Waals surface area contributed by atoms with Gasteiger partial charge in [-0.1, -0.05) is 19.1 Å². The van der Waals surface area contributed by atoms with Gasteiger partial charge in [0.05, 0.1) is 7.11 Å². The van der Waals surface area contributed by atoms with Crippen LogP contribution in [0, 0.1) is 5.92 Å². The second-order valence-electron chi connectivity index (χ2n) is 5.34. The lowest BCUT2D eigenvalue weighted by Crippen LogP contribution is -2.29. The number of nitrogens with zero attached hydrogens (tertiary/aromatic N) is 1. The smallest absolute Gasteiger partial charge is 0.118 e. The molecule has 0 radical (unpaired) electrons. The monoisotopic (exact) mass is 247 g/mol. The van der Waals surface area contributed by atoms with Crippen LogP contribution in [0.4, 0.5) is 0 Å². The number of hydrogen-bond acceptors (Lipinski definition) is 2. The Morgan fingerprint density at radius 2 is 1.89 bits per heavy atom. The van der Waals surface area contributed by atoms with Gasteiger partial charge in [0.2, 0.25) is 0 Å². The van der Waals surface area contributed by atoms with Crippen LogP contribution in [0.1, 0.15) is 31.7 Å².